The number of aromatic hydroxyl groups is 1. The van der Waals surface area contributed by atoms with Gasteiger partial charge in [-0.1, -0.05) is 86.6 Å². The second kappa shape index (κ2) is 8.04. The van der Waals surface area contributed by atoms with Crippen molar-refractivity contribution in [3.8, 4) is 16.9 Å². The van der Waals surface area contributed by atoms with E-state index in [0.717, 1.165) is 0 Å². The molecule has 0 fully saturated rings. The van der Waals surface area contributed by atoms with Crippen LogP contribution >= 0.6 is 0 Å². The van der Waals surface area contributed by atoms with Crippen LogP contribution in [0.2, 0.25) is 0 Å². The molecule has 0 aliphatic heterocycles. The maximum absolute atomic E-state index is 8.63. The molecule has 0 saturated heterocycles. The van der Waals surface area contributed by atoms with Crippen molar-refractivity contribution in [2.75, 3.05) is 0 Å². The van der Waals surface area contributed by atoms with Crippen LogP contribution in [0.15, 0.2) is 84.9 Å². The Morgan fingerprint density at radius 1 is 0.636 bits per heavy atom. The van der Waals surface area contributed by atoms with Crippen LogP contribution in [-0.2, 0) is 0 Å². The maximum Gasteiger partial charge on any atom is 0.115 e. The van der Waals surface area contributed by atoms with E-state index >= 15 is 0 Å². The van der Waals surface area contributed by atoms with Gasteiger partial charge in [-0.25, -0.2) is 0 Å². The van der Waals surface area contributed by atoms with Crippen LogP contribution in [0.1, 0.15) is 25.3 Å². The van der Waals surface area contributed by atoms with Crippen LogP contribution in [0, 0.1) is 0 Å². The van der Waals surface area contributed by atoms with E-state index in [1.807, 2.05) is 6.07 Å². The van der Waals surface area contributed by atoms with Crippen molar-refractivity contribution in [2.45, 2.75) is 19.8 Å². The van der Waals surface area contributed by atoms with Crippen LogP contribution in [-0.4, -0.2) is 5.11 Å². The minimum atomic E-state index is 0.322. The zero-order valence-corrected chi connectivity index (χ0v) is 13.1. The SMILES string of the molecule is CC(C)c1cccc(-c2ccccc2)c1.Oc1ccccc1. The highest BCUT2D eigenvalue weighted by molar-refractivity contribution is 5.64. The maximum atomic E-state index is 8.63. The zero-order chi connectivity index (χ0) is 15.8. The average Bonchev–Trinajstić information content (AvgIpc) is 2.57. The van der Waals surface area contributed by atoms with Gasteiger partial charge >= 0.3 is 0 Å². The fourth-order valence-electron chi connectivity index (χ4n) is 2.14. The third-order valence-corrected chi connectivity index (χ3v) is 3.42. The molecule has 0 atom stereocenters. The van der Waals surface area contributed by atoms with Crippen molar-refractivity contribution in [2.24, 2.45) is 0 Å². The smallest absolute Gasteiger partial charge is 0.115 e. The Balaban J connectivity index is 0.000000211. The average molecular weight is 290 g/mol. The summed E-state index contributed by atoms with van der Waals surface area (Å²) in [5.41, 5.74) is 4.00. The van der Waals surface area contributed by atoms with Crippen molar-refractivity contribution in [1.29, 1.82) is 0 Å². The molecule has 0 radical (unpaired) electrons. The van der Waals surface area contributed by atoms with Gasteiger partial charge in [-0.15, -0.1) is 0 Å². The third kappa shape index (κ3) is 4.78. The molecular weight excluding hydrogens is 268 g/mol. The van der Waals surface area contributed by atoms with Crippen LogP contribution in [0.5, 0.6) is 5.75 Å². The van der Waals surface area contributed by atoms with Gasteiger partial charge in [0.2, 0.25) is 0 Å². The molecule has 0 aromatic heterocycles. The molecule has 3 aromatic carbocycles. The standard InChI is InChI=1S/C15H16.C6H6O/c1-12(2)14-9-6-10-15(11-14)13-7-4-3-5-8-13;7-6-4-2-1-3-5-6/h3-12H,1-2H3;1-5,7H. The molecule has 112 valence electrons. The second-order valence-corrected chi connectivity index (χ2v) is 5.48. The number of phenolic OH excluding ortho intramolecular Hbond substituents is 1. The Morgan fingerprint density at radius 2 is 1.18 bits per heavy atom. The van der Waals surface area contributed by atoms with Crippen molar-refractivity contribution in [3.63, 3.8) is 0 Å². The fraction of sp³-hybridized carbons (Fsp3) is 0.143. The van der Waals surface area contributed by atoms with Crippen molar-refractivity contribution >= 4 is 0 Å². The Morgan fingerprint density at radius 3 is 1.68 bits per heavy atom. The molecule has 0 saturated carbocycles. The molecule has 3 rings (SSSR count). The lowest BCUT2D eigenvalue weighted by Crippen LogP contribution is -1.87. The minimum Gasteiger partial charge on any atom is -0.508 e. The van der Waals surface area contributed by atoms with Gasteiger partial charge in [0.1, 0.15) is 5.75 Å². The minimum absolute atomic E-state index is 0.322. The van der Waals surface area contributed by atoms with Gasteiger partial charge in [0.15, 0.2) is 0 Å². The Hall–Kier alpha value is -2.54. The van der Waals surface area contributed by atoms with Crippen molar-refractivity contribution in [3.05, 3.63) is 90.5 Å². The number of hydrogen-bond donors (Lipinski definition) is 1. The first kappa shape index (κ1) is 15.8. The zero-order valence-electron chi connectivity index (χ0n) is 13.1. The van der Waals surface area contributed by atoms with Gasteiger partial charge in [0, 0.05) is 0 Å². The van der Waals surface area contributed by atoms with Gasteiger partial charge in [-0.2, -0.15) is 0 Å². The summed E-state index contributed by atoms with van der Waals surface area (Å²) >= 11 is 0. The summed E-state index contributed by atoms with van der Waals surface area (Å²) in [5, 5.41) is 8.63. The highest BCUT2D eigenvalue weighted by atomic mass is 16.3. The third-order valence-electron chi connectivity index (χ3n) is 3.42. The van der Waals surface area contributed by atoms with E-state index in [9.17, 15) is 0 Å². The van der Waals surface area contributed by atoms with E-state index in [1.54, 1.807) is 24.3 Å². The van der Waals surface area contributed by atoms with E-state index in [4.69, 9.17) is 5.11 Å². The van der Waals surface area contributed by atoms with Gasteiger partial charge in [0.05, 0.1) is 0 Å². The molecule has 0 spiro atoms. The first-order valence-corrected chi connectivity index (χ1v) is 7.56. The van der Waals surface area contributed by atoms with Gasteiger partial charge in [-0.05, 0) is 34.7 Å². The lowest BCUT2D eigenvalue weighted by Gasteiger charge is -2.08. The first-order valence-electron chi connectivity index (χ1n) is 7.56. The van der Waals surface area contributed by atoms with E-state index in [2.05, 4.69) is 68.4 Å². The molecular formula is C21H22O. The lowest BCUT2D eigenvalue weighted by molar-refractivity contribution is 0.475. The lowest BCUT2D eigenvalue weighted by atomic mass is 9.98. The quantitative estimate of drug-likeness (QED) is 0.626. The summed E-state index contributed by atoms with van der Waals surface area (Å²) in [6.07, 6.45) is 0. The summed E-state index contributed by atoms with van der Waals surface area (Å²) < 4.78 is 0. The van der Waals surface area contributed by atoms with Gasteiger partial charge < -0.3 is 5.11 Å². The Labute approximate surface area is 132 Å². The monoisotopic (exact) mass is 290 g/mol. The summed E-state index contributed by atoms with van der Waals surface area (Å²) in [4.78, 5) is 0. The first-order chi connectivity index (χ1) is 10.7. The van der Waals surface area contributed by atoms with Crippen LogP contribution in [0.25, 0.3) is 11.1 Å². The van der Waals surface area contributed by atoms with Crippen LogP contribution < -0.4 is 0 Å². The largest absolute Gasteiger partial charge is 0.508 e. The predicted molar refractivity (Wildman–Crippen MR) is 94.1 cm³/mol. The van der Waals surface area contributed by atoms with Crippen LogP contribution in [0.4, 0.5) is 0 Å². The molecule has 22 heavy (non-hydrogen) atoms. The molecule has 3 aromatic rings. The van der Waals surface area contributed by atoms with Crippen LogP contribution in [0.3, 0.4) is 0 Å². The second-order valence-electron chi connectivity index (χ2n) is 5.48. The number of phenols is 1. The molecule has 1 N–H and O–H groups in total. The number of benzene rings is 3. The summed E-state index contributed by atoms with van der Waals surface area (Å²) in [6, 6.07) is 28.0. The molecule has 0 aliphatic carbocycles. The molecule has 0 aliphatic rings. The molecule has 0 bridgehead atoms. The highest BCUT2D eigenvalue weighted by Gasteiger charge is 2.01. The van der Waals surface area contributed by atoms with Gasteiger partial charge in [0.25, 0.3) is 0 Å². The van der Waals surface area contributed by atoms with E-state index in [0.29, 0.717) is 11.7 Å². The summed E-state index contributed by atoms with van der Waals surface area (Å²) in [7, 11) is 0. The summed E-state index contributed by atoms with van der Waals surface area (Å²) in [5.74, 6) is 0.913. The Kier molecular flexibility index (Phi) is 5.79. The Bertz CT molecular complexity index is 673. The molecule has 1 heteroatoms. The number of para-hydroxylation sites is 1. The fourth-order valence-corrected chi connectivity index (χ4v) is 2.14. The normalized spacial score (nSPS) is 9.95. The van der Waals surface area contributed by atoms with E-state index < -0.39 is 0 Å². The molecule has 0 heterocycles. The van der Waals surface area contributed by atoms with Gasteiger partial charge in [-0.3, -0.25) is 0 Å². The molecule has 1 nitrogen and oxygen atoms in total. The number of hydrogen-bond acceptors (Lipinski definition) is 1. The highest BCUT2D eigenvalue weighted by Crippen LogP contribution is 2.23. The molecule has 0 unspecified atom stereocenters. The van der Waals surface area contributed by atoms with Crippen molar-refractivity contribution in [1.82, 2.24) is 0 Å². The predicted octanol–water partition coefficient (Wildman–Crippen LogP) is 5.87. The summed E-state index contributed by atoms with van der Waals surface area (Å²) in [6.45, 7) is 4.45. The topological polar surface area (TPSA) is 20.2 Å². The molecule has 0 amide bonds. The van der Waals surface area contributed by atoms with E-state index in [-0.39, 0.29) is 0 Å². The van der Waals surface area contributed by atoms with Crippen molar-refractivity contribution < 1.29 is 5.11 Å². The van der Waals surface area contributed by atoms with E-state index in [1.165, 1.54) is 16.7 Å². The number of rotatable bonds is 2.